The summed E-state index contributed by atoms with van der Waals surface area (Å²) in [5.74, 6) is -0.526. The number of cyclic esters (lactones) is 1. The zero-order valence-corrected chi connectivity index (χ0v) is 17.0. The maximum Gasteiger partial charge on any atom is 0.412 e. The summed E-state index contributed by atoms with van der Waals surface area (Å²) in [5.41, 5.74) is 0.982. The molecule has 0 N–H and O–H groups in total. The van der Waals surface area contributed by atoms with E-state index in [1.165, 1.54) is 4.90 Å². The Morgan fingerprint density at radius 1 is 1.00 bits per heavy atom. The van der Waals surface area contributed by atoms with Gasteiger partial charge in [-0.1, -0.05) is 76.6 Å². The van der Waals surface area contributed by atoms with Crippen molar-refractivity contribution < 1.29 is 19.1 Å². The number of morpholine rings is 1. The molecule has 27 heavy (non-hydrogen) atoms. The van der Waals surface area contributed by atoms with Gasteiger partial charge in [-0.15, -0.1) is 0 Å². The van der Waals surface area contributed by atoms with E-state index in [1.54, 1.807) is 20.8 Å². The van der Waals surface area contributed by atoms with Crippen LogP contribution < -0.4 is 0 Å². The molecule has 0 aliphatic carbocycles. The molecule has 6 heteroatoms. The molecule has 2 aromatic rings. The molecule has 1 saturated heterocycles. The number of benzene rings is 2. The smallest absolute Gasteiger partial charge is 0.412 e. The molecule has 3 atom stereocenters. The number of carbonyl (C=O) groups excluding carboxylic acids is 2. The first kappa shape index (κ1) is 19.4. The van der Waals surface area contributed by atoms with E-state index in [1.807, 2.05) is 60.7 Å². The van der Waals surface area contributed by atoms with Crippen LogP contribution in [0.3, 0.4) is 0 Å². The van der Waals surface area contributed by atoms with Crippen LogP contribution in [-0.4, -0.2) is 27.5 Å². The molecule has 1 aliphatic rings. The number of esters is 1. The zero-order valence-electron chi connectivity index (χ0n) is 15.5. The Kier molecular flexibility index (Phi) is 5.56. The number of amides is 1. The summed E-state index contributed by atoms with van der Waals surface area (Å²) >= 11 is 3.32. The monoisotopic (exact) mass is 431 g/mol. The van der Waals surface area contributed by atoms with Crippen molar-refractivity contribution in [3.63, 3.8) is 0 Å². The SMILES string of the molecule is CC(C)(C)OC(=O)N1[C@@H](Br)C(=O)O[C@@H](c2ccccc2)[C@@H]1c1ccccc1. The van der Waals surface area contributed by atoms with E-state index in [9.17, 15) is 9.59 Å². The number of halogens is 1. The van der Waals surface area contributed by atoms with Crippen LogP contribution >= 0.6 is 15.9 Å². The fraction of sp³-hybridized carbons (Fsp3) is 0.333. The van der Waals surface area contributed by atoms with Gasteiger partial charge in [0.25, 0.3) is 0 Å². The lowest BCUT2D eigenvalue weighted by molar-refractivity contribution is -0.167. The van der Waals surface area contributed by atoms with E-state index in [4.69, 9.17) is 9.47 Å². The van der Waals surface area contributed by atoms with Crippen molar-refractivity contribution in [3.05, 3.63) is 71.8 Å². The highest BCUT2D eigenvalue weighted by atomic mass is 79.9. The Hall–Kier alpha value is -2.34. The van der Waals surface area contributed by atoms with Gasteiger partial charge >= 0.3 is 12.1 Å². The minimum absolute atomic E-state index is 0.523. The van der Waals surface area contributed by atoms with Crippen molar-refractivity contribution in [3.8, 4) is 0 Å². The van der Waals surface area contributed by atoms with Crippen LogP contribution in [0.1, 0.15) is 44.0 Å². The van der Waals surface area contributed by atoms with Crippen molar-refractivity contribution in [2.24, 2.45) is 0 Å². The molecular formula is C21H22BrNO4. The Labute approximate surface area is 167 Å². The molecule has 0 saturated carbocycles. The topological polar surface area (TPSA) is 55.8 Å². The Balaban J connectivity index is 2.09. The van der Waals surface area contributed by atoms with Gasteiger partial charge in [-0.25, -0.2) is 9.59 Å². The van der Waals surface area contributed by atoms with E-state index >= 15 is 0 Å². The fourth-order valence-electron chi connectivity index (χ4n) is 3.05. The molecule has 0 unspecified atom stereocenters. The Morgan fingerprint density at radius 3 is 2.04 bits per heavy atom. The number of nitrogens with zero attached hydrogens (tertiary/aromatic N) is 1. The van der Waals surface area contributed by atoms with Crippen LogP contribution in [0.5, 0.6) is 0 Å². The summed E-state index contributed by atoms with van der Waals surface area (Å²) in [5, 5.41) is 0. The molecule has 1 amide bonds. The standard InChI is InChI=1S/C21H22BrNO4/c1-21(2,3)27-20(25)23-16(14-10-6-4-7-11-14)17(26-19(24)18(23)22)15-12-8-5-9-13-15/h4-13,16-18H,1-3H3/t16-,17-,18+/m0/s1. The number of rotatable bonds is 2. The quantitative estimate of drug-likeness (QED) is 0.382. The van der Waals surface area contributed by atoms with Crippen LogP contribution in [-0.2, 0) is 14.3 Å². The average molecular weight is 432 g/mol. The number of hydrogen-bond donors (Lipinski definition) is 0. The van der Waals surface area contributed by atoms with Gasteiger partial charge in [0.1, 0.15) is 11.6 Å². The van der Waals surface area contributed by atoms with Gasteiger partial charge < -0.3 is 9.47 Å². The predicted molar refractivity (Wildman–Crippen MR) is 105 cm³/mol. The molecule has 3 rings (SSSR count). The highest BCUT2D eigenvalue weighted by Crippen LogP contribution is 2.43. The molecule has 1 fully saturated rings. The van der Waals surface area contributed by atoms with Gasteiger partial charge in [-0.2, -0.15) is 0 Å². The van der Waals surface area contributed by atoms with Crippen LogP contribution in [0.2, 0.25) is 0 Å². The van der Waals surface area contributed by atoms with E-state index in [0.29, 0.717) is 0 Å². The van der Waals surface area contributed by atoms with E-state index < -0.39 is 34.8 Å². The van der Waals surface area contributed by atoms with Gasteiger partial charge in [0.2, 0.25) is 0 Å². The molecule has 0 bridgehead atoms. The first-order chi connectivity index (χ1) is 12.8. The van der Waals surface area contributed by atoms with E-state index in [2.05, 4.69) is 15.9 Å². The van der Waals surface area contributed by atoms with Gasteiger partial charge in [-0.3, -0.25) is 4.90 Å². The summed E-state index contributed by atoms with van der Waals surface area (Å²) in [6.07, 6.45) is -1.21. The van der Waals surface area contributed by atoms with Gasteiger partial charge in [-0.05, 0) is 31.9 Å². The van der Waals surface area contributed by atoms with Crippen molar-refractivity contribution in [1.29, 1.82) is 0 Å². The summed E-state index contributed by atoms with van der Waals surface area (Å²) in [4.78, 5) is 26.0. The summed E-state index contributed by atoms with van der Waals surface area (Å²) in [7, 11) is 0. The third kappa shape index (κ3) is 4.33. The normalized spacial score (nSPS) is 22.9. The number of carbonyl (C=O) groups is 2. The summed E-state index contributed by atoms with van der Waals surface area (Å²) in [6.45, 7) is 5.38. The second kappa shape index (κ2) is 7.72. The molecular weight excluding hydrogens is 410 g/mol. The van der Waals surface area contributed by atoms with E-state index in [-0.39, 0.29) is 0 Å². The first-order valence-electron chi connectivity index (χ1n) is 8.74. The van der Waals surface area contributed by atoms with Crippen molar-refractivity contribution in [2.75, 3.05) is 0 Å². The van der Waals surface area contributed by atoms with Gasteiger partial charge in [0.15, 0.2) is 11.1 Å². The van der Waals surface area contributed by atoms with Crippen molar-refractivity contribution in [2.45, 2.75) is 43.5 Å². The maximum absolute atomic E-state index is 13.0. The molecule has 0 spiro atoms. The Morgan fingerprint density at radius 2 is 1.52 bits per heavy atom. The zero-order chi connectivity index (χ0) is 19.6. The van der Waals surface area contributed by atoms with Crippen LogP contribution in [0.25, 0.3) is 0 Å². The number of alkyl halides is 1. The minimum atomic E-state index is -0.933. The van der Waals surface area contributed by atoms with Gasteiger partial charge in [0.05, 0.1) is 0 Å². The molecule has 2 aromatic carbocycles. The molecule has 0 aromatic heterocycles. The van der Waals surface area contributed by atoms with E-state index in [0.717, 1.165) is 11.1 Å². The predicted octanol–water partition coefficient (Wildman–Crippen LogP) is 4.98. The number of hydrogen-bond acceptors (Lipinski definition) is 4. The molecule has 1 aliphatic heterocycles. The van der Waals surface area contributed by atoms with Crippen molar-refractivity contribution in [1.82, 2.24) is 4.90 Å². The molecule has 1 heterocycles. The first-order valence-corrected chi connectivity index (χ1v) is 9.65. The van der Waals surface area contributed by atoms with Gasteiger partial charge in [0, 0.05) is 0 Å². The second-order valence-electron chi connectivity index (χ2n) is 7.35. The molecule has 142 valence electrons. The van der Waals surface area contributed by atoms with Crippen LogP contribution in [0.15, 0.2) is 60.7 Å². The third-order valence-corrected chi connectivity index (χ3v) is 4.96. The highest BCUT2D eigenvalue weighted by Gasteiger charge is 2.48. The second-order valence-corrected chi connectivity index (χ2v) is 8.21. The number of ether oxygens (including phenoxy) is 2. The molecule has 0 radical (unpaired) electrons. The molecule has 5 nitrogen and oxygen atoms in total. The summed E-state index contributed by atoms with van der Waals surface area (Å²) in [6, 6.07) is 18.4. The lowest BCUT2D eigenvalue weighted by atomic mass is 9.93. The maximum atomic E-state index is 13.0. The highest BCUT2D eigenvalue weighted by molar-refractivity contribution is 9.09. The Bertz CT molecular complexity index is 804. The summed E-state index contributed by atoms with van der Waals surface area (Å²) < 4.78 is 11.3. The fourth-order valence-corrected chi connectivity index (χ4v) is 3.58. The lowest BCUT2D eigenvalue weighted by Crippen LogP contribution is -2.52. The van der Waals surface area contributed by atoms with Crippen LogP contribution in [0.4, 0.5) is 4.79 Å². The lowest BCUT2D eigenvalue weighted by Gasteiger charge is -2.43. The minimum Gasteiger partial charge on any atom is -0.453 e. The average Bonchev–Trinajstić information content (AvgIpc) is 2.63. The van der Waals surface area contributed by atoms with Crippen LogP contribution in [0, 0.1) is 0 Å². The largest absolute Gasteiger partial charge is 0.453 e. The third-order valence-electron chi connectivity index (χ3n) is 4.14. The van der Waals surface area contributed by atoms with Crippen molar-refractivity contribution >= 4 is 28.0 Å².